The molecule has 0 radical (unpaired) electrons. The van der Waals surface area contributed by atoms with E-state index in [4.69, 9.17) is 4.74 Å². The van der Waals surface area contributed by atoms with Gasteiger partial charge in [-0.05, 0) is 41.3 Å². The SMILES string of the molecule is CN(Cc1ccc(Oc2ccccc2)cc1)c1ncnc2ccsc12. The van der Waals surface area contributed by atoms with Gasteiger partial charge in [0.15, 0.2) is 0 Å². The van der Waals surface area contributed by atoms with Crippen LogP contribution in [0.5, 0.6) is 11.5 Å². The number of anilines is 1. The predicted octanol–water partition coefficient (Wildman–Crippen LogP) is 5.12. The molecule has 0 fully saturated rings. The Morgan fingerprint density at radius 1 is 0.920 bits per heavy atom. The number of nitrogens with zero attached hydrogens (tertiary/aromatic N) is 3. The van der Waals surface area contributed by atoms with Gasteiger partial charge >= 0.3 is 0 Å². The first-order valence-electron chi connectivity index (χ1n) is 8.01. The largest absolute Gasteiger partial charge is 0.457 e. The molecule has 2 aromatic carbocycles. The first-order chi connectivity index (χ1) is 12.3. The molecule has 0 N–H and O–H groups in total. The van der Waals surface area contributed by atoms with Gasteiger partial charge in [0.05, 0.1) is 10.2 Å². The number of rotatable bonds is 5. The zero-order chi connectivity index (χ0) is 17.1. The van der Waals surface area contributed by atoms with E-state index in [0.29, 0.717) is 0 Å². The summed E-state index contributed by atoms with van der Waals surface area (Å²) in [6.07, 6.45) is 1.62. The molecule has 0 aliphatic rings. The number of ether oxygens (including phenoxy) is 1. The summed E-state index contributed by atoms with van der Waals surface area (Å²) in [5, 5.41) is 2.05. The highest BCUT2D eigenvalue weighted by molar-refractivity contribution is 7.17. The van der Waals surface area contributed by atoms with Crippen LogP contribution >= 0.6 is 11.3 Å². The third-order valence-corrected chi connectivity index (χ3v) is 4.81. The number of hydrogen-bond acceptors (Lipinski definition) is 5. The van der Waals surface area contributed by atoms with Crippen LogP contribution in [0.2, 0.25) is 0 Å². The van der Waals surface area contributed by atoms with Gasteiger partial charge < -0.3 is 9.64 Å². The maximum atomic E-state index is 5.84. The van der Waals surface area contributed by atoms with Gasteiger partial charge in [0.1, 0.15) is 23.6 Å². The summed E-state index contributed by atoms with van der Waals surface area (Å²) in [6, 6.07) is 20.0. The highest BCUT2D eigenvalue weighted by Crippen LogP contribution is 2.28. The number of aromatic nitrogens is 2. The maximum Gasteiger partial charge on any atom is 0.150 e. The summed E-state index contributed by atoms with van der Waals surface area (Å²) in [4.78, 5) is 10.9. The molecule has 2 aromatic heterocycles. The molecule has 0 saturated heterocycles. The van der Waals surface area contributed by atoms with Crippen LogP contribution < -0.4 is 9.64 Å². The van der Waals surface area contributed by atoms with Crippen LogP contribution in [-0.4, -0.2) is 17.0 Å². The normalized spacial score (nSPS) is 10.8. The predicted molar refractivity (Wildman–Crippen MR) is 102 cm³/mol. The summed E-state index contributed by atoms with van der Waals surface area (Å²) in [6.45, 7) is 0.773. The molecule has 0 atom stereocenters. The molecule has 0 unspecified atom stereocenters. The van der Waals surface area contributed by atoms with Crippen LogP contribution in [0.4, 0.5) is 5.82 Å². The number of hydrogen-bond donors (Lipinski definition) is 0. The third-order valence-electron chi connectivity index (χ3n) is 3.91. The number of fused-ring (bicyclic) bond motifs is 1. The fraction of sp³-hybridized carbons (Fsp3) is 0.100. The minimum Gasteiger partial charge on any atom is -0.457 e. The molecule has 124 valence electrons. The van der Waals surface area contributed by atoms with Crippen LogP contribution in [0.3, 0.4) is 0 Å². The average Bonchev–Trinajstić information content (AvgIpc) is 3.13. The Morgan fingerprint density at radius 3 is 2.48 bits per heavy atom. The van der Waals surface area contributed by atoms with Crippen LogP contribution in [0, 0.1) is 0 Å². The second-order valence-corrected chi connectivity index (χ2v) is 6.66. The molecular weight excluding hydrogens is 330 g/mol. The van der Waals surface area contributed by atoms with E-state index in [-0.39, 0.29) is 0 Å². The fourth-order valence-corrected chi connectivity index (χ4v) is 3.57. The molecule has 4 aromatic rings. The third kappa shape index (κ3) is 3.46. The van der Waals surface area contributed by atoms with Crippen molar-refractivity contribution in [3.63, 3.8) is 0 Å². The van der Waals surface area contributed by atoms with E-state index in [0.717, 1.165) is 34.1 Å². The highest BCUT2D eigenvalue weighted by Gasteiger charge is 2.10. The molecule has 5 heteroatoms. The summed E-state index contributed by atoms with van der Waals surface area (Å²) < 4.78 is 6.96. The van der Waals surface area contributed by atoms with Crippen LogP contribution in [0.25, 0.3) is 10.2 Å². The molecule has 0 saturated carbocycles. The van der Waals surface area contributed by atoms with E-state index in [1.165, 1.54) is 5.56 Å². The Bertz CT molecular complexity index is 967. The van der Waals surface area contributed by atoms with Crippen molar-refractivity contribution in [2.45, 2.75) is 6.54 Å². The van der Waals surface area contributed by atoms with Crippen LogP contribution in [0.15, 0.2) is 72.4 Å². The van der Waals surface area contributed by atoms with Gasteiger partial charge in [0, 0.05) is 13.6 Å². The van der Waals surface area contributed by atoms with Crippen molar-refractivity contribution in [1.29, 1.82) is 0 Å². The molecule has 0 amide bonds. The van der Waals surface area contributed by atoms with Crippen molar-refractivity contribution < 1.29 is 4.74 Å². The maximum absolute atomic E-state index is 5.84. The van der Waals surface area contributed by atoms with E-state index in [9.17, 15) is 0 Å². The van der Waals surface area contributed by atoms with Gasteiger partial charge in [-0.15, -0.1) is 11.3 Å². The fourth-order valence-electron chi connectivity index (χ4n) is 2.68. The summed E-state index contributed by atoms with van der Waals surface area (Å²) in [5.41, 5.74) is 2.19. The molecule has 4 nitrogen and oxygen atoms in total. The molecule has 0 aliphatic heterocycles. The van der Waals surface area contributed by atoms with Crippen LogP contribution in [0.1, 0.15) is 5.56 Å². The van der Waals surface area contributed by atoms with Gasteiger partial charge in [-0.2, -0.15) is 0 Å². The molecule has 4 rings (SSSR count). The monoisotopic (exact) mass is 347 g/mol. The minimum atomic E-state index is 0.773. The van der Waals surface area contributed by atoms with E-state index in [2.05, 4.69) is 34.0 Å². The molecular formula is C20H17N3OS. The van der Waals surface area contributed by atoms with Gasteiger partial charge in [-0.3, -0.25) is 0 Å². The quantitative estimate of drug-likeness (QED) is 0.502. The van der Waals surface area contributed by atoms with E-state index in [1.54, 1.807) is 17.7 Å². The van der Waals surface area contributed by atoms with Crippen molar-refractivity contribution in [2.24, 2.45) is 0 Å². The zero-order valence-electron chi connectivity index (χ0n) is 13.8. The van der Waals surface area contributed by atoms with Crippen molar-refractivity contribution in [2.75, 3.05) is 11.9 Å². The Hall–Kier alpha value is -2.92. The second kappa shape index (κ2) is 6.91. The van der Waals surface area contributed by atoms with Gasteiger partial charge in [0.2, 0.25) is 0 Å². The zero-order valence-corrected chi connectivity index (χ0v) is 14.6. The molecule has 2 heterocycles. The van der Waals surface area contributed by atoms with Crippen molar-refractivity contribution in [3.8, 4) is 11.5 Å². The number of thiophene rings is 1. The van der Waals surface area contributed by atoms with E-state index >= 15 is 0 Å². The standard InChI is InChI=1S/C20H17N3OS/c1-23(20-19-18(11-12-25-19)21-14-22-20)13-15-7-9-17(10-8-15)24-16-5-3-2-4-6-16/h2-12,14H,13H2,1H3. The summed E-state index contributed by atoms with van der Waals surface area (Å²) in [5.74, 6) is 2.64. The average molecular weight is 347 g/mol. The first kappa shape index (κ1) is 15.6. The summed E-state index contributed by atoms with van der Waals surface area (Å²) in [7, 11) is 2.05. The Labute approximate surface area is 150 Å². The molecule has 0 spiro atoms. The number of benzene rings is 2. The lowest BCUT2D eigenvalue weighted by molar-refractivity contribution is 0.482. The van der Waals surface area contributed by atoms with Gasteiger partial charge in [-0.25, -0.2) is 9.97 Å². The molecule has 0 bridgehead atoms. The molecule has 0 aliphatic carbocycles. The van der Waals surface area contributed by atoms with Gasteiger partial charge in [-0.1, -0.05) is 30.3 Å². The van der Waals surface area contributed by atoms with Crippen molar-refractivity contribution in [3.05, 3.63) is 77.9 Å². The second-order valence-electron chi connectivity index (χ2n) is 5.75. The Balaban J connectivity index is 1.48. The van der Waals surface area contributed by atoms with Crippen LogP contribution in [-0.2, 0) is 6.54 Å². The van der Waals surface area contributed by atoms with Crippen molar-refractivity contribution >= 4 is 27.4 Å². The highest BCUT2D eigenvalue weighted by atomic mass is 32.1. The number of para-hydroxylation sites is 1. The lowest BCUT2D eigenvalue weighted by Gasteiger charge is -2.18. The smallest absolute Gasteiger partial charge is 0.150 e. The minimum absolute atomic E-state index is 0.773. The lowest BCUT2D eigenvalue weighted by atomic mass is 10.2. The topological polar surface area (TPSA) is 38.2 Å². The Kier molecular flexibility index (Phi) is 4.31. The van der Waals surface area contributed by atoms with Gasteiger partial charge in [0.25, 0.3) is 0 Å². The first-order valence-corrected chi connectivity index (χ1v) is 8.89. The molecule has 25 heavy (non-hydrogen) atoms. The van der Waals surface area contributed by atoms with E-state index in [1.807, 2.05) is 53.9 Å². The van der Waals surface area contributed by atoms with E-state index < -0.39 is 0 Å². The Morgan fingerprint density at radius 2 is 1.68 bits per heavy atom. The lowest BCUT2D eigenvalue weighted by Crippen LogP contribution is -2.17. The summed E-state index contributed by atoms with van der Waals surface area (Å²) >= 11 is 1.67. The van der Waals surface area contributed by atoms with Crippen molar-refractivity contribution in [1.82, 2.24) is 9.97 Å².